The van der Waals surface area contributed by atoms with Crippen molar-refractivity contribution in [3.05, 3.63) is 48.5 Å². The maximum atomic E-state index is 5.88. The lowest BCUT2D eigenvalue weighted by atomic mass is 10.1. The Morgan fingerprint density at radius 1 is 0.875 bits per heavy atom. The molecule has 16 heavy (non-hydrogen) atoms. The highest BCUT2D eigenvalue weighted by molar-refractivity contribution is 5.97. The first-order valence-corrected chi connectivity index (χ1v) is 4.88. The van der Waals surface area contributed by atoms with Crippen LogP contribution in [0.3, 0.4) is 0 Å². The Labute approximate surface area is 99.5 Å². The fraction of sp³-hybridized carbons (Fsp3) is 0. The highest BCUT2D eigenvalue weighted by atomic mass is 35.5. The van der Waals surface area contributed by atoms with Gasteiger partial charge in [0.25, 0.3) is 0 Å². The second-order valence-corrected chi connectivity index (χ2v) is 3.60. The van der Waals surface area contributed by atoms with Crippen LogP contribution >= 0.6 is 12.4 Å². The zero-order valence-corrected chi connectivity index (χ0v) is 9.37. The summed E-state index contributed by atoms with van der Waals surface area (Å²) < 4.78 is 0. The minimum atomic E-state index is 0. The molecule has 0 fully saturated rings. The van der Waals surface area contributed by atoms with Gasteiger partial charge < -0.3 is 5.73 Å². The Kier molecular flexibility index (Phi) is 2.67. The number of nitrogens with zero attached hydrogens (tertiary/aromatic N) is 1. The summed E-state index contributed by atoms with van der Waals surface area (Å²) in [6, 6.07) is 16.0. The molecule has 0 bridgehead atoms. The van der Waals surface area contributed by atoms with Gasteiger partial charge in [0.2, 0.25) is 0 Å². The lowest BCUT2D eigenvalue weighted by Gasteiger charge is -2.03. The average Bonchev–Trinajstić information content (AvgIpc) is 2.27. The summed E-state index contributed by atoms with van der Waals surface area (Å²) in [5.41, 5.74) is 8.49. The number of hydrogen-bond donors (Lipinski definition) is 1. The third kappa shape index (κ3) is 1.57. The number of pyridine rings is 1. The predicted octanol–water partition coefficient (Wildman–Crippen LogP) is 3.39. The molecule has 0 radical (unpaired) electrons. The molecule has 0 atom stereocenters. The number of fused-ring (bicyclic) bond motifs is 2. The topological polar surface area (TPSA) is 38.9 Å². The molecule has 0 amide bonds. The van der Waals surface area contributed by atoms with Gasteiger partial charge in [-0.1, -0.05) is 30.3 Å². The van der Waals surface area contributed by atoms with E-state index in [1.165, 1.54) is 0 Å². The predicted molar refractivity (Wildman–Crippen MR) is 70.9 cm³/mol. The summed E-state index contributed by atoms with van der Waals surface area (Å²) >= 11 is 0. The smallest absolute Gasteiger partial charge is 0.0938 e. The zero-order valence-electron chi connectivity index (χ0n) is 8.55. The van der Waals surface area contributed by atoms with Gasteiger partial charge in [-0.25, -0.2) is 4.98 Å². The Bertz CT molecular complexity index is 650. The van der Waals surface area contributed by atoms with Crippen molar-refractivity contribution in [1.82, 2.24) is 4.98 Å². The van der Waals surface area contributed by atoms with E-state index in [0.29, 0.717) is 0 Å². The number of benzene rings is 2. The Morgan fingerprint density at radius 2 is 1.62 bits per heavy atom. The Balaban J connectivity index is 0.000000963. The molecule has 3 rings (SSSR count). The Morgan fingerprint density at radius 3 is 2.50 bits per heavy atom. The molecule has 0 unspecified atom stereocenters. The van der Waals surface area contributed by atoms with Crippen LogP contribution in [0.15, 0.2) is 48.5 Å². The zero-order chi connectivity index (χ0) is 10.3. The molecule has 0 aliphatic heterocycles. The first kappa shape index (κ1) is 10.7. The van der Waals surface area contributed by atoms with Crippen LogP contribution in [0.5, 0.6) is 0 Å². The van der Waals surface area contributed by atoms with E-state index in [-0.39, 0.29) is 12.4 Å². The number of hydrogen-bond acceptors (Lipinski definition) is 2. The molecule has 2 nitrogen and oxygen atoms in total. The number of aromatic nitrogens is 1. The monoisotopic (exact) mass is 230 g/mol. The van der Waals surface area contributed by atoms with E-state index >= 15 is 0 Å². The summed E-state index contributed by atoms with van der Waals surface area (Å²) in [5, 5.41) is 2.24. The standard InChI is InChI=1S/C13H10N2.ClH/c14-11-6-3-5-10-8-9-4-1-2-7-12(9)15-13(10)11;/h1-8H,14H2;1H. The first-order valence-electron chi connectivity index (χ1n) is 4.88. The molecule has 0 aliphatic carbocycles. The number of para-hydroxylation sites is 2. The maximum Gasteiger partial charge on any atom is 0.0938 e. The molecule has 3 aromatic rings. The average molecular weight is 231 g/mol. The van der Waals surface area contributed by atoms with E-state index in [0.717, 1.165) is 27.5 Å². The molecule has 1 heterocycles. The third-order valence-electron chi connectivity index (χ3n) is 2.58. The molecule has 2 N–H and O–H groups in total. The minimum Gasteiger partial charge on any atom is -0.397 e. The molecular weight excluding hydrogens is 220 g/mol. The van der Waals surface area contributed by atoms with Crippen molar-refractivity contribution in [1.29, 1.82) is 0 Å². The summed E-state index contributed by atoms with van der Waals surface area (Å²) in [4.78, 5) is 4.55. The van der Waals surface area contributed by atoms with E-state index in [2.05, 4.69) is 17.1 Å². The highest BCUT2D eigenvalue weighted by Crippen LogP contribution is 2.23. The van der Waals surface area contributed by atoms with Gasteiger partial charge >= 0.3 is 0 Å². The number of anilines is 1. The Hall–Kier alpha value is -1.80. The van der Waals surface area contributed by atoms with Gasteiger partial charge in [-0.2, -0.15) is 0 Å². The van der Waals surface area contributed by atoms with Crippen molar-refractivity contribution < 1.29 is 0 Å². The van der Waals surface area contributed by atoms with Crippen molar-refractivity contribution in [2.45, 2.75) is 0 Å². The van der Waals surface area contributed by atoms with Gasteiger partial charge in [-0.3, -0.25) is 0 Å². The van der Waals surface area contributed by atoms with E-state index in [4.69, 9.17) is 5.73 Å². The minimum absolute atomic E-state index is 0. The highest BCUT2D eigenvalue weighted by Gasteiger charge is 2.00. The summed E-state index contributed by atoms with van der Waals surface area (Å²) in [6.45, 7) is 0. The van der Waals surface area contributed by atoms with Gasteiger partial charge in [-0.05, 0) is 18.2 Å². The quantitative estimate of drug-likeness (QED) is 0.475. The van der Waals surface area contributed by atoms with Crippen LogP contribution in [0.2, 0.25) is 0 Å². The molecule has 80 valence electrons. The normalized spacial score (nSPS) is 10.2. The van der Waals surface area contributed by atoms with E-state index < -0.39 is 0 Å². The summed E-state index contributed by atoms with van der Waals surface area (Å²) in [5.74, 6) is 0. The molecule has 0 spiro atoms. The number of halogens is 1. The molecule has 2 aromatic carbocycles. The second-order valence-electron chi connectivity index (χ2n) is 3.60. The molecular formula is C13H11ClN2. The van der Waals surface area contributed by atoms with Crippen LogP contribution < -0.4 is 5.73 Å². The van der Waals surface area contributed by atoms with Gasteiger partial charge in [0.15, 0.2) is 0 Å². The molecule has 0 saturated carbocycles. The lowest BCUT2D eigenvalue weighted by molar-refractivity contribution is 1.50. The van der Waals surface area contributed by atoms with Crippen LogP contribution in [-0.2, 0) is 0 Å². The van der Waals surface area contributed by atoms with Gasteiger partial charge in [0, 0.05) is 10.8 Å². The number of nitrogen functional groups attached to an aromatic ring is 1. The third-order valence-corrected chi connectivity index (χ3v) is 2.58. The second kappa shape index (κ2) is 3.99. The van der Waals surface area contributed by atoms with E-state index in [9.17, 15) is 0 Å². The van der Waals surface area contributed by atoms with Gasteiger partial charge in [0.1, 0.15) is 0 Å². The van der Waals surface area contributed by atoms with Crippen LogP contribution in [0.4, 0.5) is 5.69 Å². The van der Waals surface area contributed by atoms with Crippen LogP contribution in [-0.4, -0.2) is 4.98 Å². The fourth-order valence-corrected chi connectivity index (χ4v) is 1.82. The van der Waals surface area contributed by atoms with Crippen LogP contribution in [0.25, 0.3) is 21.8 Å². The van der Waals surface area contributed by atoms with Crippen molar-refractivity contribution in [2.75, 3.05) is 5.73 Å². The molecule has 1 aromatic heterocycles. The molecule has 3 heteroatoms. The SMILES string of the molecule is Cl.Nc1cccc2cc3ccccc3nc12. The van der Waals surface area contributed by atoms with Crippen molar-refractivity contribution >= 4 is 39.9 Å². The van der Waals surface area contributed by atoms with E-state index in [1.807, 2.05) is 36.4 Å². The lowest BCUT2D eigenvalue weighted by Crippen LogP contribution is -1.89. The van der Waals surface area contributed by atoms with Crippen LogP contribution in [0, 0.1) is 0 Å². The molecule has 0 saturated heterocycles. The number of nitrogens with two attached hydrogens (primary N) is 1. The van der Waals surface area contributed by atoms with Crippen molar-refractivity contribution in [3.8, 4) is 0 Å². The summed E-state index contributed by atoms with van der Waals surface area (Å²) in [6.07, 6.45) is 0. The van der Waals surface area contributed by atoms with Gasteiger partial charge in [0.05, 0.1) is 16.7 Å². The van der Waals surface area contributed by atoms with Crippen molar-refractivity contribution in [2.24, 2.45) is 0 Å². The summed E-state index contributed by atoms with van der Waals surface area (Å²) in [7, 11) is 0. The maximum absolute atomic E-state index is 5.88. The number of rotatable bonds is 0. The van der Waals surface area contributed by atoms with Crippen LogP contribution in [0.1, 0.15) is 0 Å². The van der Waals surface area contributed by atoms with Gasteiger partial charge in [-0.15, -0.1) is 12.4 Å². The largest absolute Gasteiger partial charge is 0.397 e. The van der Waals surface area contributed by atoms with Crippen molar-refractivity contribution in [3.63, 3.8) is 0 Å². The van der Waals surface area contributed by atoms with E-state index in [1.54, 1.807) is 0 Å². The fourth-order valence-electron chi connectivity index (χ4n) is 1.82. The molecule has 0 aliphatic rings. The first-order chi connectivity index (χ1) is 7.34.